The molecule has 1 fully saturated rings. The SMILES string of the molecule is CN1CCC(c2ccc(F)cc2)C(CO)C1=O. The van der Waals surface area contributed by atoms with E-state index in [-0.39, 0.29) is 24.2 Å². The van der Waals surface area contributed by atoms with Gasteiger partial charge in [-0.3, -0.25) is 4.79 Å². The first-order valence-electron chi connectivity index (χ1n) is 5.74. The van der Waals surface area contributed by atoms with Crippen molar-refractivity contribution < 1.29 is 14.3 Å². The van der Waals surface area contributed by atoms with Gasteiger partial charge >= 0.3 is 0 Å². The smallest absolute Gasteiger partial charge is 0.228 e. The van der Waals surface area contributed by atoms with E-state index < -0.39 is 5.92 Å². The fraction of sp³-hybridized carbons (Fsp3) is 0.462. The normalized spacial score (nSPS) is 25.1. The van der Waals surface area contributed by atoms with Gasteiger partial charge in [0.2, 0.25) is 5.91 Å². The molecule has 0 aliphatic carbocycles. The number of nitrogens with zero attached hydrogens (tertiary/aromatic N) is 1. The Morgan fingerprint density at radius 2 is 2.06 bits per heavy atom. The number of hydrogen-bond acceptors (Lipinski definition) is 2. The highest BCUT2D eigenvalue weighted by atomic mass is 19.1. The maximum Gasteiger partial charge on any atom is 0.228 e. The van der Waals surface area contributed by atoms with Gasteiger partial charge in [-0.2, -0.15) is 0 Å². The minimum absolute atomic E-state index is 0.00991. The van der Waals surface area contributed by atoms with Crippen LogP contribution in [0.15, 0.2) is 24.3 Å². The third kappa shape index (κ3) is 2.31. The summed E-state index contributed by atoms with van der Waals surface area (Å²) in [7, 11) is 1.74. The molecule has 1 heterocycles. The molecular formula is C13H16FNO2. The van der Waals surface area contributed by atoms with E-state index in [4.69, 9.17) is 0 Å². The maximum absolute atomic E-state index is 12.8. The van der Waals surface area contributed by atoms with Gasteiger partial charge in [-0.15, -0.1) is 0 Å². The van der Waals surface area contributed by atoms with Crippen molar-refractivity contribution in [2.75, 3.05) is 20.2 Å². The van der Waals surface area contributed by atoms with Crippen LogP contribution in [0.1, 0.15) is 17.9 Å². The molecule has 0 saturated carbocycles. The standard InChI is InChI=1S/C13H16FNO2/c1-15-7-6-11(12(8-16)13(15)17)9-2-4-10(14)5-3-9/h2-5,11-12,16H,6-8H2,1H3. The summed E-state index contributed by atoms with van der Waals surface area (Å²) in [4.78, 5) is 13.5. The Kier molecular flexibility index (Phi) is 3.43. The second-order valence-corrected chi connectivity index (χ2v) is 4.50. The van der Waals surface area contributed by atoms with Crippen LogP contribution in [0.2, 0.25) is 0 Å². The average molecular weight is 237 g/mol. The number of carbonyl (C=O) groups is 1. The van der Waals surface area contributed by atoms with E-state index >= 15 is 0 Å². The van der Waals surface area contributed by atoms with Gasteiger partial charge in [-0.1, -0.05) is 12.1 Å². The quantitative estimate of drug-likeness (QED) is 0.844. The van der Waals surface area contributed by atoms with Crippen molar-refractivity contribution in [3.63, 3.8) is 0 Å². The Labute approximate surface area is 99.9 Å². The molecule has 1 aromatic carbocycles. The minimum atomic E-state index is -0.404. The lowest BCUT2D eigenvalue weighted by Crippen LogP contribution is -2.43. The first-order chi connectivity index (χ1) is 8.13. The third-order valence-electron chi connectivity index (χ3n) is 3.45. The molecular weight excluding hydrogens is 221 g/mol. The number of benzene rings is 1. The predicted octanol–water partition coefficient (Wildman–Crippen LogP) is 1.38. The Hall–Kier alpha value is -1.42. The summed E-state index contributed by atoms with van der Waals surface area (Å²) < 4.78 is 12.8. The number of likely N-dealkylation sites (tertiary alicyclic amines) is 1. The molecule has 1 aliphatic rings. The zero-order valence-electron chi connectivity index (χ0n) is 9.77. The molecule has 0 aromatic heterocycles. The number of aliphatic hydroxyl groups excluding tert-OH is 1. The molecule has 2 rings (SSSR count). The summed E-state index contributed by atoms with van der Waals surface area (Å²) in [5.41, 5.74) is 0.923. The molecule has 1 saturated heterocycles. The molecule has 1 amide bonds. The second kappa shape index (κ2) is 4.84. The van der Waals surface area contributed by atoms with Gasteiger partial charge in [-0.05, 0) is 30.0 Å². The van der Waals surface area contributed by atoms with E-state index in [9.17, 15) is 14.3 Å². The lowest BCUT2D eigenvalue weighted by Gasteiger charge is -2.35. The van der Waals surface area contributed by atoms with Crippen LogP contribution < -0.4 is 0 Å². The number of halogens is 1. The molecule has 4 heteroatoms. The number of amides is 1. The minimum Gasteiger partial charge on any atom is -0.396 e. The van der Waals surface area contributed by atoms with E-state index in [0.717, 1.165) is 12.0 Å². The van der Waals surface area contributed by atoms with Gasteiger partial charge in [0, 0.05) is 13.6 Å². The van der Waals surface area contributed by atoms with Crippen molar-refractivity contribution in [2.24, 2.45) is 5.92 Å². The van der Waals surface area contributed by atoms with Gasteiger partial charge in [0.15, 0.2) is 0 Å². The second-order valence-electron chi connectivity index (χ2n) is 4.50. The summed E-state index contributed by atoms with van der Waals surface area (Å²) in [6, 6.07) is 6.18. The van der Waals surface area contributed by atoms with Crippen LogP contribution in [0.25, 0.3) is 0 Å². The van der Waals surface area contributed by atoms with Crippen LogP contribution in [0.5, 0.6) is 0 Å². The van der Waals surface area contributed by atoms with Crippen LogP contribution in [0.3, 0.4) is 0 Å². The zero-order valence-corrected chi connectivity index (χ0v) is 9.77. The van der Waals surface area contributed by atoms with Gasteiger partial charge in [0.1, 0.15) is 5.82 Å². The lowest BCUT2D eigenvalue weighted by molar-refractivity contribution is -0.139. The first-order valence-corrected chi connectivity index (χ1v) is 5.74. The Balaban J connectivity index is 2.25. The number of hydrogen-bond donors (Lipinski definition) is 1. The molecule has 3 nitrogen and oxygen atoms in total. The molecule has 0 radical (unpaired) electrons. The van der Waals surface area contributed by atoms with Crippen LogP contribution >= 0.6 is 0 Å². The summed E-state index contributed by atoms with van der Waals surface area (Å²) in [6.07, 6.45) is 0.805. The van der Waals surface area contributed by atoms with Gasteiger partial charge in [0.25, 0.3) is 0 Å². The van der Waals surface area contributed by atoms with Crippen LogP contribution in [0, 0.1) is 11.7 Å². The van der Waals surface area contributed by atoms with Crippen molar-refractivity contribution >= 4 is 5.91 Å². The largest absolute Gasteiger partial charge is 0.396 e. The highest BCUT2D eigenvalue weighted by Gasteiger charge is 2.35. The van der Waals surface area contributed by atoms with E-state index in [1.165, 1.54) is 12.1 Å². The fourth-order valence-electron chi connectivity index (χ4n) is 2.41. The average Bonchev–Trinajstić information content (AvgIpc) is 2.34. The summed E-state index contributed by atoms with van der Waals surface area (Å²) in [5.74, 6) is -0.731. The van der Waals surface area contributed by atoms with Gasteiger partial charge < -0.3 is 10.0 Å². The molecule has 1 N–H and O–H groups in total. The Bertz CT molecular complexity index is 404. The third-order valence-corrected chi connectivity index (χ3v) is 3.45. The lowest BCUT2D eigenvalue weighted by atomic mass is 9.80. The van der Waals surface area contributed by atoms with Crippen LogP contribution in [-0.2, 0) is 4.79 Å². The van der Waals surface area contributed by atoms with Crippen LogP contribution in [-0.4, -0.2) is 36.1 Å². The zero-order chi connectivity index (χ0) is 12.4. The summed E-state index contributed by atoms with van der Waals surface area (Å²) in [6.45, 7) is 0.516. The first kappa shape index (κ1) is 12.0. The van der Waals surface area contributed by atoms with Crippen molar-refractivity contribution in [1.29, 1.82) is 0 Å². The van der Waals surface area contributed by atoms with Gasteiger partial charge in [0.05, 0.1) is 12.5 Å². The predicted molar refractivity (Wildman–Crippen MR) is 62.0 cm³/mol. The Morgan fingerprint density at radius 3 is 2.65 bits per heavy atom. The Morgan fingerprint density at radius 1 is 1.41 bits per heavy atom. The monoisotopic (exact) mass is 237 g/mol. The molecule has 2 atom stereocenters. The van der Waals surface area contributed by atoms with E-state index in [2.05, 4.69) is 0 Å². The van der Waals surface area contributed by atoms with Crippen LogP contribution in [0.4, 0.5) is 4.39 Å². The van der Waals surface area contributed by atoms with E-state index in [1.54, 1.807) is 24.1 Å². The number of piperidine rings is 1. The fourth-order valence-corrected chi connectivity index (χ4v) is 2.41. The van der Waals surface area contributed by atoms with Crippen molar-refractivity contribution in [2.45, 2.75) is 12.3 Å². The van der Waals surface area contributed by atoms with Crippen molar-refractivity contribution in [3.05, 3.63) is 35.6 Å². The van der Waals surface area contributed by atoms with Gasteiger partial charge in [-0.25, -0.2) is 4.39 Å². The van der Waals surface area contributed by atoms with E-state index in [1.807, 2.05) is 0 Å². The maximum atomic E-state index is 12.8. The summed E-state index contributed by atoms with van der Waals surface area (Å²) >= 11 is 0. The molecule has 17 heavy (non-hydrogen) atoms. The highest BCUT2D eigenvalue weighted by molar-refractivity contribution is 5.80. The molecule has 1 aliphatic heterocycles. The van der Waals surface area contributed by atoms with Crippen molar-refractivity contribution in [3.8, 4) is 0 Å². The van der Waals surface area contributed by atoms with E-state index in [0.29, 0.717) is 6.54 Å². The number of carbonyl (C=O) groups excluding carboxylic acids is 1. The molecule has 1 aromatic rings. The molecule has 92 valence electrons. The van der Waals surface area contributed by atoms with Crippen molar-refractivity contribution in [1.82, 2.24) is 4.90 Å². The topological polar surface area (TPSA) is 40.5 Å². The number of aliphatic hydroxyl groups is 1. The molecule has 2 unspecified atom stereocenters. The highest BCUT2D eigenvalue weighted by Crippen LogP contribution is 2.33. The molecule has 0 bridgehead atoms. The molecule has 0 spiro atoms. The number of rotatable bonds is 2. The summed E-state index contributed by atoms with van der Waals surface area (Å²) in [5, 5.41) is 9.34.